The molecule has 6 rings (SSSR count). The maximum absolute atomic E-state index is 10.8. The number of phenols is 2. The summed E-state index contributed by atoms with van der Waals surface area (Å²) in [5.74, 6) is 0.523. The fourth-order valence-corrected chi connectivity index (χ4v) is 5.19. The van der Waals surface area contributed by atoms with Crippen LogP contribution in [0.2, 0.25) is 0 Å². The third-order valence-corrected chi connectivity index (χ3v) is 7.56. The smallest absolute Gasteiger partial charge is 0.123 e. The molecule has 0 saturated heterocycles. The lowest BCUT2D eigenvalue weighted by atomic mass is 9.76. The van der Waals surface area contributed by atoms with E-state index >= 15 is 0 Å². The Morgan fingerprint density at radius 3 is 1.27 bits per heavy atom. The van der Waals surface area contributed by atoms with Crippen LogP contribution in [0.15, 0.2) is 121 Å². The summed E-state index contributed by atoms with van der Waals surface area (Å²) in [5, 5.41) is 26.2. The SMILES string of the molecule is CC(C)(c1ccc(O)c(-c2ccc3ccccc3c2)c1)c1ccc(O)c(-c2ccc3ccccc3c2)c1. The fraction of sp³-hybridized carbons (Fsp3) is 0.0857. The first-order chi connectivity index (χ1) is 17.9. The molecule has 0 amide bonds. The van der Waals surface area contributed by atoms with Gasteiger partial charge in [0.25, 0.3) is 0 Å². The number of aromatic hydroxyl groups is 2. The molecule has 0 aliphatic heterocycles. The van der Waals surface area contributed by atoms with Crippen molar-refractivity contribution in [2.75, 3.05) is 0 Å². The number of benzene rings is 6. The number of rotatable bonds is 4. The van der Waals surface area contributed by atoms with Crippen LogP contribution in [0.4, 0.5) is 0 Å². The molecule has 0 unspecified atom stereocenters. The van der Waals surface area contributed by atoms with E-state index in [1.165, 1.54) is 10.8 Å². The molecule has 0 atom stereocenters. The van der Waals surface area contributed by atoms with Crippen molar-refractivity contribution in [2.45, 2.75) is 19.3 Å². The molecule has 2 nitrogen and oxygen atoms in total. The zero-order valence-electron chi connectivity index (χ0n) is 20.9. The van der Waals surface area contributed by atoms with Gasteiger partial charge in [-0.3, -0.25) is 0 Å². The highest BCUT2D eigenvalue weighted by molar-refractivity contribution is 5.89. The van der Waals surface area contributed by atoms with Gasteiger partial charge in [-0.1, -0.05) is 98.8 Å². The second-order valence-electron chi connectivity index (χ2n) is 10.2. The van der Waals surface area contributed by atoms with Gasteiger partial charge in [0.2, 0.25) is 0 Å². The molecule has 0 aliphatic rings. The summed E-state index contributed by atoms with van der Waals surface area (Å²) < 4.78 is 0. The van der Waals surface area contributed by atoms with Gasteiger partial charge in [-0.2, -0.15) is 0 Å². The predicted octanol–water partition coefficient (Wildman–Crippen LogP) is 9.06. The van der Waals surface area contributed by atoms with Gasteiger partial charge in [0, 0.05) is 16.5 Å². The van der Waals surface area contributed by atoms with E-state index in [0.29, 0.717) is 0 Å². The van der Waals surface area contributed by atoms with E-state index in [2.05, 4.69) is 86.6 Å². The minimum Gasteiger partial charge on any atom is -0.507 e. The van der Waals surface area contributed by atoms with Crippen molar-refractivity contribution < 1.29 is 10.2 Å². The van der Waals surface area contributed by atoms with Crippen molar-refractivity contribution in [2.24, 2.45) is 0 Å². The highest BCUT2D eigenvalue weighted by Crippen LogP contribution is 2.41. The van der Waals surface area contributed by atoms with Crippen molar-refractivity contribution in [3.63, 3.8) is 0 Å². The van der Waals surface area contributed by atoms with Gasteiger partial charge >= 0.3 is 0 Å². The summed E-state index contributed by atoms with van der Waals surface area (Å²) >= 11 is 0. The first kappa shape index (κ1) is 22.9. The van der Waals surface area contributed by atoms with E-state index in [-0.39, 0.29) is 16.9 Å². The van der Waals surface area contributed by atoms with E-state index in [0.717, 1.165) is 44.2 Å². The van der Waals surface area contributed by atoms with Crippen LogP contribution in [0, 0.1) is 0 Å². The van der Waals surface area contributed by atoms with Crippen LogP contribution in [0.3, 0.4) is 0 Å². The van der Waals surface area contributed by atoms with Crippen LogP contribution in [-0.4, -0.2) is 10.2 Å². The van der Waals surface area contributed by atoms with E-state index in [1.807, 2.05) is 36.4 Å². The molecule has 180 valence electrons. The van der Waals surface area contributed by atoms with E-state index in [4.69, 9.17) is 0 Å². The Balaban J connectivity index is 1.43. The molecule has 2 heteroatoms. The standard InChI is InChI=1S/C35H28O2/c1-35(2,29-15-17-33(36)31(21-29)27-13-11-23-7-3-5-9-25(23)19-27)30-16-18-34(37)32(22-30)28-14-12-24-8-4-6-10-26(24)20-28/h3-22,36-37H,1-2H3. The van der Waals surface area contributed by atoms with E-state index < -0.39 is 0 Å². The lowest BCUT2D eigenvalue weighted by Gasteiger charge is -2.28. The van der Waals surface area contributed by atoms with Gasteiger partial charge in [-0.15, -0.1) is 0 Å². The molecular weight excluding hydrogens is 452 g/mol. The Morgan fingerprint density at radius 1 is 0.432 bits per heavy atom. The quantitative estimate of drug-likeness (QED) is 0.264. The topological polar surface area (TPSA) is 40.5 Å². The van der Waals surface area contributed by atoms with Crippen LogP contribution in [0.25, 0.3) is 43.8 Å². The summed E-state index contributed by atoms with van der Waals surface area (Å²) in [7, 11) is 0. The molecule has 0 radical (unpaired) electrons. The predicted molar refractivity (Wildman–Crippen MR) is 154 cm³/mol. The lowest BCUT2D eigenvalue weighted by molar-refractivity contribution is 0.476. The Labute approximate surface area is 217 Å². The van der Waals surface area contributed by atoms with Gasteiger partial charge in [0.15, 0.2) is 0 Å². The zero-order chi connectivity index (χ0) is 25.6. The van der Waals surface area contributed by atoms with Crippen molar-refractivity contribution >= 4 is 21.5 Å². The minimum absolute atomic E-state index is 0.261. The van der Waals surface area contributed by atoms with Crippen molar-refractivity contribution in [3.8, 4) is 33.8 Å². The molecule has 0 spiro atoms. The molecule has 0 bridgehead atoms. The molecule has 0 aromatic heterocycles. The lowest BCUT2D eigenvalue weighted by Crippen LogP contribution is -2.19. The molecule has 0 aliphatic carbocycles. The van der Waals surface area contributed by atoms with Crippen LogP contribution < -0.4 is 0 Å². The molecule has 6 aromatic rings. The average Bonchev–Trinajstić information content (AvgIpc) is 2.93. The minimum atomic E-state index is -0.363. The third-order valence-electron chi connectivity index (χ3n) is 7.56. The molecule has 2 N–H and O–H groups in total. The second kappa shape index (κ2) is 8.83. The monoisotopic (exact) mass is 480 g/mol. The van der Waals surface area contributed by atoms with Crippen LogP contribution in [-0.2, 0) is 5.41 Å². The fourth-order valence-electron chi connectivity index (χ4n) is 5.19. The zero-order valence-corrected chi connectivity index (χ0v) is 20.9. The highest BCUT2D eigenvalue weighted by atomic mass is 16.3. The summed E-state index contributed by atoms with van der Waals surface area (Å²) in [4.78, 5) is 0. The van der Waals surface area contributed by atoms with Crippen molar-refractivity contribution in [1.29, 1.82) is 0 Å². The average molecular weight is 481 g/mol. The van der Waals surface area contributed by atoms with Gasteiger partial charge in [0.05, 0.1) is 0 Å². The highest BCUT2D eigenvalue weighted by Gasteiger charge is 2.25. The summed E-state index contributed by atoms with van der Waals surface area (Å²) in [6, 6.07) is 40.8. The number of fused-ring (bicyclic) bond motifs is 2. The van der Waals surface area contributed by atoms with E-state index in [9.17, 15) is 10.2 Å². The summed E-state index contributed by atoms with van der Waals surface area (Å²) in [6.45, 7) is 4.36. The van der Waals surface area contributed by atoms with Crippen LogP contribution >= 0.6 is 0 Å². The third kappa shape index (κ3) is 4.11. The second-order valence-corrected chi connectivity index (χ2v) is 10.2. The molecule has 0 heterocycles. The molecule has 0 fully saturated rings. The molecular formula is C35H28O2. The summed E-state index contributed by atoms with van der Waals surface area (Å²) in [5.41, 5.74) is 5.40. The van der Waals surface area contributed by atoms with Gasteiger partial charge in [0.1, 0.15) is 11.5 Å². The number of hydrogen-bond donors (Lipinski definition) is 2. The maximum atomic E-state index is 10.8. The van der Waals surface area contributed by atoms with Crippen molar-refractivity contribution in [1.82, 2.24) is 0 Å². The van der Waals surface area contributed by atoms with Gasteiger partial charge < -0.3 is 10.2 Å². The van der Waals surface area contributed by atoms with Crippen molar-refractivity contribution in [3.05, 3.63) is 132 Å². The Hall–Kier alpha value is -4.56. The first-order valence-corrected chi connectivity index (χ1v) is 12.6. The molecule has 0 saturated carbocycles. The Morgan fingerprint density at radius 2 is 0.838 bits per heavy atom. The van der Waals surface area contributed by atoms with E-state index in [1.54, 1.807) is 12.1 Å². The molecule has 6 aromatic carbocycles. The Kier molecular flexibility index (Phi) is 5.46. The maximum Gasteiger partial charge on any atom is 0.123 e. The Bertz CT molecular complexity index is 1650. The number of phenolic OH excluding ortho intramolecular Hbond substituents is 2. The normalized spacial score (nSPS) is 11.7. The largest absolute Gasteiger partial charge is 0.507 e. The summed E-state index contributed by atoms with van der Waals surface area (Å²) in [6.07, 6.45) is 0. The van der Waals surface area contributed by atoms with Gasteiger partial charge in [-0.25, -0.2) is 0 Å². The first-order valence-electron chi connectivity index (χ1n) is 12.6. The van der Waals surface area contributed by atoms with Gasteiger partial charge in [-0.05, 0) is 80.2 Å². The van der Waals surface area contributed by atoms with Crippen LogP contribution in [0.1, 0.15) is 25.0 Å². The molecule has 37 heavy (non-hydrogen) atoms. The van der Waals surface area contributed by atoms with Crippen LogP contribution in [0.5, 0.6) is 11.5 Å². The number of hydrogen-bond acceptors (Lipinski definition) is 2.